The Balaban J connectivity index is 2.59. The van der Waals surface area contributed by atoms with Crippen molar-refractivity contribution in [3.63, 3.8) is 0 Å². The zero-order valence-corrected chi connectivity index (χ0v) is 14.0. The topological polar surface area (TPSA) is 92.7 Å². The highest BCUT2D eigenvalue weighted by Crippen LogP contribution is 2.26. The molecular weight excluding hydrogens is 314 g/mol. The number of sulfonamides is 1. The van der Waals surface area contributed by atoms with Crippen LogP contribution < -0.4 is 4.72 Å². The molecule has 0 unspecified atom stereocenters. The smallest absolute Gasteiger partial charge is 0.347 e. The molecule has 0 bridgehead atoms. The second kappa shape index (κ2) is 7.88. The molecule has 0 aromatic carbocycles. The molecule has 0 radical (unpaired) electrons. The van der Waals surface area contributed by atoms with Crippen molar-refractivity contribution in [1.82, 2.24) is 4.72 Å². The third-order valence-corrected chi connectivity index (χ3v) is 5.45. The van der Waals surface area contributed by atoms with Gasteiger partial charge in [-0.15, -0.1) is 11.3 Å². The molecule has 2 N–H and O–H groups in total. The fourth-order valence-corrected chi connectivity index (χ4v) is 4.39. The molecule has 21 heavy (non-hydrogen) atoms. The number of ether oxygens (including phenoxy) is 1. The third-order valence-electron chi connectivity index (χ3n) is 2.59. The highest BCUT2D eigenvalue weighted by atomic mass is 32.2. The monoisotopic (exact) mass is 335 g/mol. The molecule has 0 saturated heterocycles. The fraction of sp³-hybridized carbons (Fsp3) is 0.615. The maximum Gasteiger partial charge on any atom is 0.347 e. The van der Waals surface area contributed by atoms with E-state index in [2.05, 4.69) is 4.72 Å². The van der Waals surface area contributed by atoms with Crippen molar-refractivity contribution in [3.05, 3.63) is 15.8 Å². The summed E-state index contributed by atoms with van der Waals surface area (Å²) in [5.74, 6) is -0.790. The molecule has 0 aliphatic rings. The van der Waals surface area contributed by atoms with Gasteiger partial charge in [0.1, 0.15) is 9.77 Å². The molecule has 0 atom stereocenters. The lowest BCUT2D eigenvalue weighted by Gasteiger charge is -2.09. The van der Waals surface area contributed by atoms with Gasteiger partial charge in [0.2, 0.25) is 10.0 Å². The van der Waals surface area contributed by atoms with Crippen molar-refractivity contribution in [1.29, 1.82) is 0 Å². The molecule has 0 aliphatic heterocycles. The Morgan fingerprint density at radius 3 is 2.71 bits per heavy atom. The van der Waals surface area contributed by atoms with Crippen LogP contribution in [0, 0.1) is 12.8 Å². The van der Waals surface area contributed by atoms with Gasteiger partial charge in [0.15, 0.2) is 0 Å². The van der Waals surface area contributed by atoms with Crippen LogP contribution in [0.3, 0.4) is 0 Å². The van der Waals surface area contributed by atoms with E-state index in [9.17, 15) is 13.2 Å². The van der Waals surface area contributed by atoms with Crippen LogP contribution in [0.1, 0.15) is 35.5 Å². The summed E-state index contributed by atoms with van der Waals surface area (Å²) in [5, 5.41) is 10.6. The van der Waals surface area contributed by atoms with E-state index in [0.29, 0.717) is 31.1 Å². The van der Waals surface area contributed by atoms with E-state index < -0.39 is 16.0 Å². The number of aromatic carboxylic acids is 1. The van der Waals surface area contributed by atoms with E-state index >= 15 is 0 Å². The lowest BCUT2D eigenvalue weighted by Crippen LogP contribution is -2.27. The predicted molar refractivity (Wildman–Crippen MR) is 81.5 cm³/mol. The summed E-state index contributed by atoms with van der Waals surface area (Å²) >= 11 is 0.918. The SMILES string of the molecule is Cc1csc(C(=O)O)c1S(=O)(=O)NCCCOCC(C)C. The van der Waals surface area contributed by atoms with Gasteiger partial charge >= 0.3 is 5.97 Å². The van der Waals surface area contributed by atoms with E-state index in [-0.39, 0.29) is 16.3 Å². The van der Waals surface area contributed by atoms with Crippen LogP contribution in [0.4, 0.5) is 0 Å². The predicted octanol–water partition coefficient (Wildman–Crippen LogP) is 2.10. The number of carboxylic acids is 1. The molecule has 1 aromatic heterocycles. The summed E-state index contributed by atoms with van der Waals surface area (Å²) in [6.07, 6.45) is 0.539. The van der Waals surface area contributed by atoms with E-state index in [4.69, 9.17) is 9.84 Å². The summed E-state index contributed by atoms with van der Waals surface area (Å²) in [7, 11) is -3.80. The first-order valence-corrected chi connectivity index (χ1v) is 9.00. The van der Waals surface area contributed by atoms with Gasteiger partial charge in [-0.25, -0.2) is 17.9 Å². The third kappa shape index (κ3) is 5.39. The minimum absolute atomic E-state index is 0.136. The standard InChI is InChI=1S/C13H21NO5S2/c1-9(2)7-19-6-4-5-14-21(17,18)12-10(3)8-20-11(12)13(15)16/h8-9,14H,4-7H2,1-3H3,(H,15,16). The van der Waals surface area contributed by atoms with Crippen molar-refractivity contribution >= 4 is 27.3 Å². The lowest BCUT2D eigenvalue weighted by molar-refractivity contribution is 0.0698. The Bertz CT molecular complexity index is 577. The van der Waals surface area contributed by atoms with Crippen LogP contribution in [0.25, 0.3) is 0 Å². The quantitative estimate of drug-likeness (QED) is 0.674. The second-order valence-corrected chi connectivity index (χ2v) is 7.69. The Kier molecular flexibility index (Phi) is 6.79. The average molecular weight is 335 g/mol. The highest BCUT2D eigenvalue weighted by Gasteiger charge is 2.26. The van der Waals surface area contributed by atoms with Crippen molar-refractivity contribution in [2.75, 3.05) is 19.8 Å². The number of thiophene rings is 1. The summed E-state index contributed by atoms with van der Waals surface area (Å²) in [4.78, 5) is 10.8. The van der Waals surface area contributed by atoms with Crippen LogP contribution in [0.15, 0.2) is 10.3 Å². The minimum Gasteiger partial charge on any atom is -0.477 e. The van der Waals surface area contributed by atoms with Gasteiger partial charge in [-0.05, 0) is 30.2 Å². The Morgan fingerprint density at radius 2 is 2.14 bits per heavy atom. The van der Waals surface area contributed by atoms with Crippen LogP contribution >= 0.6 is 11.3 Å². The molecule has 0 saturated carbocycles. The summed E-state index contributed by atoms with van der Waals surface area (Å²) in [6.45, 7) is 6.98. The van der Waals surface area contributed by atoms with Gasteiger partial charge in [-0.3, -0.25) is 0 Å². The van der Waals surface area contributed by atoms with Crippen LogP contribution in [0.5, 0.6) is 0 Å². The fourth-order valence-electron chi connectivity index (χ4n) is 1.69. The number of carboxylic acid groups (broad SMARTS) is 1. The van der Waals surface area contributed by atoms with E-state index in [0.717, 1.165) is 11.3 Å². The van der Waals surface area contributed by atoms with Crippen molar-refractivity contribution in [2.45, 2.75) is 32.1 Å². The second-order valence-electron chi connectivity index (χ2n) is 5.10. The van der Waals surface area contributed by atoms with Gasteiger partial charge in [-0.1, -0.05) is 13.8 Å². The molecule has 1 rings (SSSR count). The Hall–Kier alpha value is -0.960. The number of aryl methyl sites for hydroxylation is 1. The van der Waals surface area contributed by atoms with Gasteiger partial charge in [0, 0.05) is 19.8 Å². The zero-order chi connectivity index (χ0) is 16.0. The number of hydrogen-bond donors (Lipinski definition) is 2. The molecular formula is C13H21NO5S2. The van der Waals surface area contributed by atoms with Gasteiger partial charge < -0.3 is 9.84 Å². The molecule has 6 nitrogen and oxygen atoms in total. The highest BCUT2D eigenvalue weighted by molar-refractivity contribution is 7.89. The first-order chi connectivity index (χ1) is 9.75. The van der Waals surface area contributed by atoms with E-state index in [1.165, 1.54) is 5.38 Å². The Labute approximate surface area is 129 Å². The first-order valence-electron chi connectivity index (χ1n) is 6.64. The lowest BCUT2D eigenvalue weighted by atomic mass is 10.2. The molecule has 1 heterocycles. The number of rotatable bonds is 9. The van der Waals surface area contributed by atoms with Crippen LogP contribution in [-0.2, 0) is 14.8 Å². The number of hydrogen-bond acceptors (Lipinski definition) is 5. The van der Waals surface area contributed by atoms with Crippen LogP contribution in [-0.4, -0.2) is 39.3 Å². The van der Waals surface area contributed by atoms with Crippen molar-refractivity contribution < 1.29 is 23.1 Å². The van der Waals surface area contributed by atoms with Crippen molar-refractivity contribution in [2.24, 2.45) is 5.92 Å². The molecule has 0 aliphatic carbocycles. The summed E-state index contributed by atoms with van der Waals surface area (Å²) < 4.78 is 32.1. The average Bonchev–Trinajstić information content (AvgIpc) is 2.76. The van der Waals surface area contributed by atoms with Crippen LogP contribution in [0.2, 0.25) is 0 Å². The number of nitrogens with one attached hydrogen (secondary N) is 1. The van der Waals surface area contributed by atoms with Gasteiger partial charge in [-0.2, -0.15) is 0 Å². The van der Waals surface area contributed by atoms with E-state index in [1.54, 1.807) is 6.92 Å². The summed E-state index contributed by atoms with van der Waals surface area (Å²) in [6, 6.07) is 0. The molecule has 8 heteroatoms. The molecule has 120 valence electrons. The van der Waals surface area contributed by atoms with E-state index in [1.807, 2.05) is 13.8 Å². The number of carbonyl (C=O) groups is 1. The zero-order valence-electron chi connectivity index (χ0n) is 12.4. The maximum absolute atomic E-state index is 12.2. The van der Waals surface area contributed by atoms with Gasteiger partial charge in [0.25, 0.3) is 0 Å². The molecule has 0 spiro atoms. The molecule has 1 aromatic rings. The first kappa shape index (κ1) is 18.1. The van der Waals surface area contributed by atoms with Gasteiger partial charge in [0.05, 0.1) is 0 Å². The minimum atomic E-state index is -3.80. The normalized spacial score (nSPS) is 12.0. The van der Waals surface area contributed by atoms with Crippen molar-refractivity contribution in [3.8, 4) is 0 Å². The maximum atomic E-state index is 12.2. The Morgan fingerprint density at radius 1 is 1.48 bits per heavy atom. The summed E-state index contributed by atoms with van der Waals surface area (Å²) in [5.41, 5.74) is 0.445. The largest absolute Gasteiger partial charge is 0.477 e. The molecule has 0 amide bonds. The molecule has 0 fully saturated rings.